The van der Waals surface area contributed by atoms with Crippen molar-refractivity contribution in [3.8, 4) is 0 Å². The fourth-order valence-electron chi connectivity index (χ4n) is 10.5. The van der Waals surface area contributed by atoms with Crippen molar-refractivity contribution in [3.05, 3.63) is 60.8 Å². The van der Waals surface area contributed by atoms with E-state index >= 15 is 0 Å². The lowest BCUT2D eigenvalue weighted by atomic mass is 10.0. The second kappa shape index (κ2) is 68.6. The second-order valence-electron chi connectivity index (χ2n) is 23.8. The van der Waals surface area contributed by atoms with E-state index in [1.807, 2.05) is 0 Å². The van der Waals surface area contributed by atoms with Crippen molar-refractivity contribution in [2.75, 3.05) is 13.2 Å². The molecule has 0 saturated carbocycles. The molecule has 0 N–H and O–H groups in total. The molecule has 0 fully saturated rings. The number of rotatable bonds is 65. The minimum atomic E-state index is -0.773. The monoisotopic (exact) mass is 1120 g/mol. The number of hydrogen-bond acceptors (Lipinski definition) is 6. The van der Waals surface area contributed by atoms with Crippen LogP contribution < -0.4 is 0 Å². The lowest BCUT2D eigenvalue weighted by Crippen LogP contribution is -2.30. The van der Waals surface area contributed by atoms with Gasteiger partial charge in [-0.3, -0.25) is 14.4 Å². The van der Waals surface area contributed by atoms with Crippen molar-refractivity contribution < 1.29 is 28.6 Å². The third-order valence-electron chi connectivity index (χ3n) is 15.8. The number of esters is 3. The Hall–Kier alpha value is -2.89. The summed E-state index contributed by atoms with van der Waals surface area (Å²) < 4.78 is 17.0. The van der Waals surface area contributed by atoms with Crippen LogP contribution in [0.25, 0.3) is 0 Å². The summed E-state index contributed by atoms with van der Waals surface area (Å²) >= 11 is 0. The average Bonchev–Trinajstić information content (AvgIpc) is 3.46. The van der Waals surface area contributed by atoms with Crippen molar-refractivity contribution in [3.63, 3.8) is 0 Å². The summed E-state index contributed by atoms with van der Waals surface area (Å²) in [5.74, 6) is -0.848. The van der Waals surface area contributed by atoms with Gasteiger partial charge in [0.1, 0.15) is 13.2 Å². The van der Waals surface area contributed by atoms with Crippen molar-refractivity contribution in [1.29, 1.82) is 0 Å². The highest BCUT2D eigenvalue weighted by molar-refractivity contribution is 5.71. The van der Waals surface area contributed by atoms with Gasteiger partial charge in [-0.1, -0.05) is 332 Å². The second-order valence-corrected chi connectivity index (χ2v) is 23.8. The van der Waals surface area contributed by atoms with Gasteiger partial charge in [-0.15, -0.1) is 0 Å². The van der Waals surface area contributed by atoms with E-state index in [4.69, 9.17) is 14.2 Å². The van der Waals surface area contributed by atoms with Crippen LogP contribution in [0.3, 0.4) is 0 Å². The lowest BCUT2D eigenvalue weighted by molar-refractivity contribution is -0.167. The fraction of sp³-hybridized carbons (Fsp3) is 0.824. The molecule has 0 bridgehead atoms. The molecular weight excluding hydrogens is 985 g/mol. The van der Waals surface area contributed by atoms with E-state index in [1.165, 1.54) is 250 Å². The van der Waals surface area contributed by atoms with Gasteiger partial charge >= 0.3 is 17.9 Å². The molecule has 0 aromatic heterocycles. The largest absolute Gasteiger partial charge is 0.462 e. The van der Waals surface area contributed by atoms with Crippen LogP contribution in [0.2, 0.25) is 0 Å². The maximum absolute atomic E-state index is 12.9. The first-order valence-electron chi connectivity index (χ1n) is 35.3. The zero-order valence-corrected chi connectivity index (χ0v) is 53.6. The van der Waals surface area contributed by atoms with E-state index < -0.39 is 6.10 Å². The predicted molar refractivity (Wildman–Crippen MR) is 348 cm³/mol. The quantitative estimate of drug-likeness (QED) is 0.0261. The van der Waals surface area contributed by atoms with E-state index in [0.29, 0.717) is 19.3 Å². The molecular formula is C74H134O6. The van der Waals surface area contributed by atoms with Crippen LogP contribution in [0.4, 0.5) is 0 Å². The number of unbranched alkanes of at least 4 members (excludes halogenated alkanes) is 44. The molecule has 0 radical (unpaired) electrons. The van der Waals surface area contributed by atoms with Gasteiger partial charge in [0.2, 0.25) is 0 Å². The highest BCUT2D eigenvalue weighted by Gasteiger charge is 2.19. The first-order valence-corrected chi connectivity index (χ1v) is 35.3. The van der Waals surface area contributed by atoms with Gasteiger partial charge < -0.3 is 14.2 Å². The van der Waals surface area contributed by atoms with Crippen LogP contribution in [0.15, 0.2) is 60.8 Å². The standard InChI is InChI=1S/C74H134O6/c1-4-7-10-13-16-19-22-25-28-30-31-32-33-34-35-36-37-38-39-40-41-42-43-45-46-49-52-55-58-61-64-67-73(76)79-70-71(69-78-72(75)66-63-60-57-54-51-48-27-24-21-18-15-12-9-6-3)80-74(77)68-65-62-59-56-53-50-47-44-29-26-23-20-17-14-11-8-5-2/h7,10,16,19,25-26,28-29,31-32,71H,4-6,8-9,11-15,17-18,20-24,27,30,33-70H2,1-3H3/b10-7-,19-16-,28-25-,29-26-,32-31-. The van der Waals surface area contributed by atoms with Crippen molar-refractivity contribution in [2.24, 2.45) is 0 Å². The average molecular weight is 1120 g/mol. The molecule has 6 nitrogen and oxygen atoms in total. The molecule has 0 amide bonds. The Bertz CT molecular complexity index is 1430. The molecule has 80 heavy (non-hydrogen) atoms. The summed E-state index contributed by atoms with van der Waals surface area (Å²) in [6.07, 6.45) is 88.2. The summed E-state index contributed by atoms with van der Waals surface area (Å²) in [6, 6.07) is 0. The third kappa shape index (κ3) is 65.9. The van der Waals surface area contributed by atoms with E-state index in [0.717, 1.165) is 83.5 Å². The normalized spacial score (nSPS) is 12.4. The van der Waals surface area contributed by atoms with Gasteiger partial charge in [-0.25, -0.2) is 0 Å². The van der Waals surface area contributed by atoms with Gasteiger partial charge in [-0.2, -0.15) is 0 Å². The molecule has 0 rings (SSSR count). The first-order chi connectivity index (χ1) is 39.5. The summed E-state index contributed by atoms with van der Waals surface area (Å²) in [5, 5.41) is 0. The molecule has 466 valence electrons. The molecule has 1 atom stereocenters. The molecule has 0 aromatic rings. The Morgan fingerprint density at radius 2 is 0.487 bits per heavy atom. The molecule has 0 saturated heterocycles. The minimum Gasteiger partial charge on any atom is -0.462 e. The minimum absolute atomic E-state index is 0.0695. The van der Waals surface area contributed by atoms with Crippen LogP contribution in [0.5, 0.6) is 0 Å². The zero-order chi connectivity index (χ0) is 57.8. The Morgan fingerprint density at radius 1 is 0.263 bits per heavy atom. The molecule has 0 aliphatic heterocycles. The number of carbonyl (C=O) groups excluding carboxylic acids is 3. The Morgan fingerprint density at radius 3 is 0.775 bits per heavy atom. The van der Waals surface area contributed by atoms with Crippen LogP contribution in [-0.4, -0.2) is 37.2 Å². The summed E-state index contributed by atoms with van der Waals surface area (Å²) in [6.45, 7) is 6.58. The maximum Gasteiger partial charge on any atom is 0.306 e. The van der Waals surface area contributed by atoms with Crippen molar-refractivity contribution in [2.45, 2.75) is 380 Å². The predicted octanol–water partition coefficient (Wildman–Crippen LogP) is 24.3. The zero-order valence-electron chi connectivity index (χ0n) is 53.6. The van der Waals surface area contributed by atoms with E-state index in [2.05, 4.69) is 81.5 Å². The summed E-state index contributed by atoms with van der Waals surface area (Å²) in [7, 11) is 0. The molecule has 6 heteroatoms. The molecule has 1 unspecified atom stereocenters. The molecule has 0 heterocycles. The van der Waals surface area contributed by atoms with Gasteiger partial charge in [0.15, 0.2) is 6.10 Å². The molecule has 0 spiro atoms. The first kappa shape index (κ1) is 77.1. The van der Waals surface area contributed by atoms with Crippen LogP contribution in [0.1, 0.15) is 374 Å². The Balaban J connectivity index is 4.18. The maximum atomic E-state index is 12.9. The lowest BCUT2D eigenvalue weighted by Gasteiger charge is -2.18. The number of allylic oxidation sites excluding steroid dienone is 10. The third-order valence-corrected chi connectivity index (χ3v) is 15.8. The van der Waals surface area contributed by atoms with Crippen molar-refractivity contribution >= 4 is 17.9 Å². The van der Waals surface area contributed by atoms with E-state index in [-0.39, 0.29) is 31.1 Å². The summed E-state index contributed by atoms with van der Waals surface area (Å²) in [5.41, 5.74) is 0. The Kier molecular flexibility index (Phi) is 66.1. The highest BCUT2D eigenvalue weighted by Crippen LogP contribution is 2.18. The summed E-state index contributed by atoms with van der Waals surface area (Å²) in [4.78, 5) is 38.4. The molecule has 0 aliphatic rings. The van der Waals surface area contributed by atoms with Crippen LogP contribution in [0, 0.1) is 0 Å². The van der Waals surface area contributed by atoms with Gasteiger partial charge in [0, 0.05) is 19.3 Å². The van der Waals surface area contributed by atoms with Crippen LogP contribution in [-0.2, 0) is 28.6 Å². The number of hydrogen-bond donors (Lipinski definition) is 0. The SMILES string of the molecule is CC/C=C\C/C=C\C/C=C\C/C=C\CCCCCCCCCCCCCCCCCCCCC(=O)OCC(COC(=O)CCCCCCCCCCCCCCCC)OC(=O)CCCCCCCCC/C=C\CCCCCCCC. The van der Waals surface area contributed by atoms with Crippen LogP contribution >= 0.6 is 0 Å². The molecule has 0 aromatic carbocycles. The topological polar surface area (TPSA) is 78.9 Å². The van der Waals surface area contributed by atoms with Gasteiger partial charge in [-0.05, 0) is 83.5 Å². The number of carbonyl (C=O) groups is 3. The van der Waals surface area contributed by atoms with Crippen molar-refractivity contribution in [1.82, 2.24) is 0 Å². The highest BCUT2D eigenvalue weighted by atomic mass is 16.6. The van der Waals surface area contributed by atoms with Gasteiger partial charge in [0.25, 0.3) is 0 Å². The van der Waals surface area contributed by atoms with E-state index in [1.54, 1.807) is 0 Å². The Labute approximate surface area is 498 Å². The van der Waals surface area contributed by atoms with Gasteiger partial charge in [0.05, 0.1) is 0 Å². The smallest absolute Gasteiger partial charge is 0.306 e. The molecule has 0 aliphatic carbocycles. The van der Waals surface area contributed by atoms with E-state index in [9.17, 15) is 14.4 Å². The number of ether oxygens (including phenoxy) is 3. The fourth-order valence-corrected chi connectivity index (χ4v) is 10.5.